The Morgan fingerprint density at radius 3 is 2.29 bits per heavy atom. The van der Waals surface area contributed by atoms with Crippen molar-refractivity contribution < 1.29 is 4.79 Å². The largest absolute Gasteiger partial charge is 0.312 e. The summed E-state index contributed by atoms with van der Waals surface area (Å²) >= 11 is 0. The van der Waals surface area contributed by atoms with Gasteiger partial charge in [0.2, 0.25) is 0 Å². The van der Waals surface area contributed by atoms with E-state index in [9.17, 15) is 9.70 Å². The van der Waals surface area contributed by atoms with E-state index in [0.29, 0.717) is 23.8 Å². The Labute approximate surface area is 146 Å². The third-order valence-corrected chi connectivity index (χ3v) is 8.44. The van der Waals surface area contributed by atoms with E-state index in [0.717, 1.165) is 19.1 Å². The minimum atomic E-state index is -0.342. The predicted molar refractivity (Wildman–Crippen MR) is 98.8 cm³/mol. The molecule has 4 nitrogen and oxygen atoms in total. The Bertz CT molecular complexity index is 562. The second-order valence-electron chi connectivity index (χ2n) is 8.49. The summed E-state index contributed by atoms with van der Waals surface area (Å²) in [6.07, 6.45) is 3.57. The fourth-order valence-corrected chi connectivity index (χ4v) is 7.55. The van der Waals surface area contributed by atoms with E-state index in [2.05, 4.69) is 51.7 Å². The molecule has 0 aromatic rings. The van der Waals surface area contributed by atoms with Crippen molar-refractivity contribution in [1.29, 1.82) is 0 Å². The van der Waals surface area contributed by atoms with E-state index < -0.39 is 0 Å². The van der Waals surface area contributed by atoms with Crippen molar-refractivity contribution in [2.75, 3.05) is 7.05 Å². The predicted octanol–water partition coefficient (Wildman–Crippen LogP) is 4.34. The lowest BCUT2D eigenvalue weighted by Gasteiger charge is -2.54. The van der Waals surface area contributed by atoms with Crippen molar-refractivity contribution in [2.24, 2.45) is 33.3 Å². The van der Waals surface area contributed by atoms with Gasteiger partial charge in [0.05, 0.1) is 6.04 Å². The number of nitrogens with one attached hydrogen (secondary N) is 1. The number of carbonyl (C=O) groups excluding carboxylic acids is 1. The standard InChI is InChI=1S/C20H34N2O2/c1-9-16(22-24)18(7)13(3)11-14(4)19(15(5)12-23)17(6,10-2)20(18,19)21-8/h12-14,16,21H,5,9-11H2,1-4,6-8H3/t13?,14?,16-,17?,18+,19?,20?/m0/s1. The maximum atomic E-state index is 11.8. The van der Waals surface area contributed by atoms with Crippen molar-refractivity contribution in [3.05, 3.63) is 17.1 Å². The first-order valence-corrected chi connectivity index (χ1v) is 9.33. The Morgan fingerprint density at radius 2 is 1.92 bits per heavy atom. The van der Waals surface area contributed by atoms with E-state index in [4.69, 9.17) is 0 Å². The van der Waals surface area contributed by atoms with E-state index in [-0.39, 0.29) is 27.8 Å². The maximum absolute atomic E-state index is 11.8. The molecule has 2 aliphatic carbocycles. The third kappa shape index (κ3) is 1.57. The van der Waals surface area contributed by atoms with Crippen LogP contribution in [0.2, 0.25) is 0 Å². The molecule has 2 fully saturated rings. The normalized spacial score (nSPS) is 48.3. The zero-order valence-corrected chi connectivity index (χ0v) is 16.4. The highest BCUT2D eigenvalue weighted by atomic mass is 16.3. The fraction of sp³-hybridized carbons (Fsp3) is 0.850. The summed E-state index contributed by atoms with van der Waals surface area (Å²) < 4.78 is 0. The molecule has 136 valence electrons. The SMILES string of the molecule is C=C(C=O)C12C(C)CC(C)[C@](C)([C@H](CC)N=O)C1(NC)C2(C)CC. The van der Waals surface area contributed by atoms with Crippen LogP contribution in [0.3, 0.4) is 0 Å². The molecule has 24 heavy (non-hydrogen) atoms. The van der Waals surface area contributed by atoms with Crippen LogP contribution in [0.5, 0.6) is 0 Å². The van der Waals surface area contributed by atoms with Gasteiger partial charge in [-0.15, -0.1) is 0 Å². The first-order chi connectivity index (χ1) is 11.2. The summed E-state index contributed by atoms with van der Waals surface area (Å²) in [5.74, 6) is 0.670. The molecule has 0 amide bonds. The minimum absolute atomic E-state index is 0.121. The van der Waals surface area contributed by atoms with Gasteiger partial charge in [0.25, 0.3) is 0 Å². The highest BCUT2D eigenvalue weighted by molar-refractivity contribution is 5.79. The fourth-order valence-electron chi connectivity index (χ4n) is 7.55. The lowest BCUT2D eigenvalue weighted by atomic mass is 9.53. The first-order valence-electron chi connectivity index (χ1n) is 9.33. The molecule has 2 rings (SSSR count). The van der Waals surface area contributed by atoms with Gasteiger partial charge in [0, 0.05) is 16.4 Å². The van der Waals surface area contributed by atoms with Gasteiger partial charge in [-0.3, -0.25) is 4.79 Å². The maximum Gasteiger partial charge on any atom is 0.146 e. The molecule has 0 heterocycles. The molecule has 7 atom stereocenters. The average molecular weight is 335 g/mol. The number of hydrogen-bond acceptors (Lipinski definition) is 4. The molecule has 0 saturated heterocycles. The van der Waals surface area contributed by atoms with Gasteiger partial charge in [-0.05, 0) is 49.1 Å². The van der Waals surface area contributed by atoms with Crippen molar-refractivity contribution in [3.8, 4) is 0 Å². The molecule has 5 unspecified atom stereocenters. The van der Waals surface area contributed by atoms with Crippen LogP contribution in [0.15, 0.2) is 17.3 Å². The number of nitroso groups, excluding NO2 is 1. The molecule has 0 aromatic heterocycles. The Balaban J connectivity index is 2.84. The molecule has 0 aliphatic heterocycles. The van der Waals surface area contributed by atoms with Crippen LogP contribution < -0.4 is 5.32 Å². The van der Waals surface area contributed by atoms with Crippen molar-refractivity contribution in [3.63, 3.8) is 0 Å². The number of nitrogens with zero attached hydrogens (tertiary/aromatic N) is 1. The number of aldehydes is 1. The van der Waals surface area contributed by atoms with Gasteiger partial charge < -0.3 is 5.32 Å². The molecule has 2 saturated carbocycles. The zero-order valence-electron chi connectivity index (χ0n) is 16.4. The second-order valence-corrected chi connectivity index (χ2v) is 8.49. The topological polar surface area (TPSA) is 58.5 Å². The van der Waals surface area contributed by atoms with Gasteiger partial charge >= 0.3 is 0 Å². The van der Waals surface area contributed by atoms with Crippen molar-refractivity contribution >= 4 is 6.29 Å². The zero-order chi connectivity index (χ0) is 18.6. The van der Waals surface area contributed by atoms with Crippen LogP contribution in [0.25, 0.3) is 0 Å². The average Bonchev–Trinajstić information content (AvgIpc) is 3.10. The Hall–Kier alpha value is -1.03. The summed E-state index contributed by atoms with van der Waals surface area (Å²) in [5.41, 5.74) is -0.422. The molecular formula is C20H34N2O2. The van der Waals surface area contributed by atoms with Crippen LogP contribution in [-0.4, -0.2) is 24.9 Å². The lowest BCUT2D eigenvalue weighted by Crippen LogP contribution is -2.62. The van der Waals surface area contributed by atoms with Gasteiger partial charge in [-0.1, -0.05) is 53.3 Å². The Morgan fingerprint density at radius 1 is 1.33 bits per heavy atom. The van der Waals surface area contributed by atoms with Crippen LogP contribution in [0.4, 0.5) is 0 Å². The van der Waals surface area contributed by atoms with Gasteiger partial charge in [-0.25, -0.2) is 0 Å². The third-order valence-electron chi connectivity index (χ3n) is 8.44. The van der Waals surface area contributed by atoms with Gasteiger partial charge in [-0.2, -0.15) is 4.91 Å². The second kappa shape index (κ2) is 5.76. The number of carbonyl (C=O) groups is 1. The van der Waals surface area contributed by atoms with Crippen LogP contribution >= 0.6 is 0 Å². The lowest BCUT2D eigenvalue weighted by molar-refractivity contribution is -0.106. The van der Waals surface area contributed by atoms with Crippen molar-refractivity contribution in [2.45, 2.75) is 72.4 Å². The summed E-state index contributed by atoms with van der Waals surface area (Å²) in [5, 5.41) is 7.19. The molecule has 0 radical (unpaired) electrons. The summed E-state index contributed by atoms with van der Waals surface area (Å²) in [6.45, 7) is 17.4. The molecule has 0 aromatic carbocycles. The van der Waals surface area contributed by atoms with Gasteiger partial charge in [0.15, 0.2) is 0 Å². The number of rotatable bonds is 7. The first kappa shape index (κ1) is 19.3. The van der Waals surface area contributed by atoms with Crippen LogP contribution in [-0.2, 0) is 4.79 Å². The smallest absolute Gasteiger partial charge is 0.146 e. The van der Waals surface area contributed by atoms with Crippen LogP contribution in [0.1, 0.15) is 60.8 Å². The monoisotopic (exact) mass is 334 g/mol. The highest BCUT2D eigenvalue weighted by Crippen LogP contribution is 2.87. The molecule has 1 N–H and O–H groups in total. The van der Waals surface area contributed by atoms with Gasteiger partial charge in [0.1, 0.15) is 6.29 Å². The van der Waals surface area contributed by atoms with E-state index >= 15 is 0 Å². The molecule has 4 heteroatoms. The van der Waals surface area contributed by atoms with E-state index in [1.54, 1.807) is 0 Å². The van der Waals surface area contributed by atoms with Crippen molar-refractivity contribution in [1.82, 2.24) is 5.32 Å². The van der Waals surface area contributed by atoms with Crippen LogP contribution in [0, 0.1) is 33.0 Å². The molecular weight excluding hydrogens is 300 g/mol. The number of fused-ring (bicyclic) bond motifs is 1. The molecule has 0 bridgehead atoms. The summed E-state index contributed by atoms with van der Waals surface area (Å²) in [6, 6.07) is -0.278. The highest BCUT2D eigenvalue weighted by Gasteiger charge is 2.92. The Kier molecular flexibility index (Phi) is 4.63. The summed E-state index contributed by atoms with van der Waals surface area (Å²) in [7, 11) is 1.98. The molecule has 0 spiro atoms. The number of hydrogen-bond donors (Lipinski definition) is 1. The summed E-state index contributed by atoms with van der Waals surface area (Å²) in [4.78, 5) is 23.6. The molecule has 2 aliphatic rings. The quantitative estimate of drug-likeness (QED) is 0.428. The van der Waals surface area contributed by atoms with E-state index in [1.807, 2.05) is 14.0 Å². The minimum Gasteiger partial charge on any atom is -0.312 e. The van der Waals surface area contributed by atoms with E-state index in [1.165, 1.54) is 0 Å².